The Morgan fingerprint density at radius 1 is 1.35 bits per heavy atom. The van der Waals surface area contributed by atoms with Crippen molar-refractivity contribution in [3.8, 4) is 0 Å². The van der Waals surface area contributed by atoms with Gasteiger partial charge < -0.3 is 11.1 Å². The number of hydrogen-bond acceptors (Lipinski definition) is 2. The summed E-state index contributed by atoms with van der Waals surface area (Å²) in [4.78, 5) is 12.1. The molecule has 0 saturated heterocycles. The van der Waals surface area contributed by atoms with Crippen LogP contribution < -0.4 is 11.1 Å². The second-order valence-electron chi connectivity index (χ2n) is 5.44. The molecule has 3 N–H and O–H groups in total. The van der Waals surface area contributed by atoms with Crippen molar-refractivity contribution in [1.82, 2.24) is 5.32 Å². The topological polar surface area (TPSA) is 55.1 Å². The van der Waals surface area contributed by atoms with E-state index in [9.17, 15) is 4.79 Å². The van der Waals surface area contributed by atoms with Gasteiger partial charge in [0.1, 0.15) is 0 Å². The molecule has 0 aliphatic heterocycles. The van der Waals surface area contributed by atoms with Crippen LogP contribution in [0.25, 0.3) is 0 Å². The van der Waals surface area contributed by atoms with Crippen molar-refractivity contribution >= 4 is 29.9 Å². The van der Waals surface area contributed by atoms with Gasteiger partial charge in [-0.25, -0.2) is 0 Å². The van der Waals surface area contributed by atoms with Gasteiger partial charge in [0.05, 0.1) is 0 Å². The molecule has 0 fully saturated rings. The first-order chi connectivity index (χ1) is 8.95. The van der Waals surface area contributed by atoms with Crippen LogP contribution in [0.5, 0.6) is 0 Å². The maximum atomic E-state index is 12.1. The van der Waals surface area contributed by atoms with Crippen molar-refractivity contribution in [2.75, 3.05) is 13.1 Å². The summed E-state index contributed by atoms with van der Waals surface area (Å²) in [5.41, 5.74) is 6.06. The number of hydrogen-bond donors (Lipinski definition) is 2. The van der Waals surface area contributed by atoms with Crippen molar-refractivity contribution in [3.05, 3.63) is 34.9 Å². The predicted octanol–water partition coefficient (Wildman–Crippen LogP) is 3.19. The van der Waals surface area contributed by atoms with E-state index in [1.54, 1.807) is 0 Å². The zero-order chi connectivity index (χ0) is 14.3. The van der Waals surface area contributed by atoms with E-state index < -0.39 is 5.41 Å². The third-order valence-corrected chi connectivity index (χ3v) is 3.30. The molecule has 0 bridgehead atoms. The maximum Gasteiger partial charge on any atom is 0.225 e. The van der Waals surface area contributed by atoms with Crippen molar-refractivity contribution in [1.29, 1.82) is 0 Å². The molecule has 1 amide bonds. The summed E-state index contributed by atoms with van der Waals surface area (Å²) in [5.74, 6) is 0.0736. The Morgan fingerprint density at radius 3 is 2.65 bits per heavy atom. The molecule has 0 heterocycles. The first-order valence-electron chi connectivity index (χ1n) is 6.68. The van der Waals surface area contributed by atoms with Crippen molar-refractivity contribution in [3.63, 3.8) is 0 Å². The quantitative estimate of drug-likeness (QED) is 0.758. The molecule has 0 unspecified atom stereocenters. The van der Waals surface area contributed by atoms with Crippen LogP contribution >= 0.6 is 24.0 Å². The SMILES string of the molecule is CC(C)(Cc1cccc(Cl)c1)C(=O)NCCCCN.Cl. The van der Waals surface area contributed by atoms with Crippen LogP contribution in [-0.4, -0.2) is 19.0 Å². The molecule has 1 aromatic rings. The molecule has 5 heteroatoms. The molecule has 0 atom stereocenters. The lowest BCUT2D eigenvalue weighted by Crippen LogP contribution is -2.38. The lowest BCUT2D eigenvalue weighted by molar-refractivity contribution is -0.129. The molecule has 1 rings (SSSR count). The molecule has 3 nitrogen and oxygen atoms in total. The Bertz CT molecular complexity index is 422. The van der Waals surface area contributed by atoms with Crippen LogP contribution in [0.1, 0.15) is 32.3 Å². The van der Waals surface area contributed by atoms with Crippen molar-refractivity contribution in [2.24, 2.45) is 11.1 Å². The van der Waals surface area contributed by atoms with Crippen LogP contribution in [0.3, 0.4) is 0 Å². The lowest BCUT2D eigenvalue weighted by atomic mass is 9.85. The highest BCUT2D eigenvalue weighted by atomic mass is 35.5. The molecular formula is C15H24Cl2N2O. The smallest absolute Gasteiger partial charge is 0.225 e. The zero-order valence-corrected chi connectivity index (χ0v) is 13.7. The summed E-state index contributed by atoms with van der Waals surface area (Å²) in [5, 5.41) is 3.67. The van der Waals surface area contributed by atoms with E-state index >= 15 is 0 Å². The number of benzene rings is 1. The molecular weight excluding hydrogens is 295 g/mol. The summed E-state index contributed by atoms with van der Waals surface area (Å²) in [7, 11) is 0. The minimum atomic E-state index is -0.437. The van der Waals surface area contributed by atoms with Gasteiger partial charge in [0, 0.05) is 17.0 Å². The molecule has 20 heavy (non-hydrogen) atoms. The second-order valence-corrected chi connectivity index (χ2v) is 5.88. The standard InChI is InChI=1S/C15H23ClN2O.ClH/c1-15(2,14(19)18-9-4-3-8-17)11-12-6-5-7-13(16)10-12;/h5-7,10H,3-4,8-9,11,17H2,1-2H3,(H,18,19);1H. The van der Waals surface area contributed by atoms with Crippen molar-refractivity contribution < 1.29 is 4.79 Å². The first kappa shape index (κ1) is 19.2. The summed E-state index contributed by atoms with van der Waals surface area (Å²) in [6.07, 6.45) is 2.54. The van der Waals surface area contributed by atoms with Crippen LogP contribution in [0, 0.1) is 5.41 Å². The van der Waals surface area contributed by atoms with Gasteiger partial charge in [0.25, 0.3) is 0 Å². The van der Waals surface area contributed by atoms with E-state index in [-0.39, 0.29) is 18.3 Å². The number of rotatable bonds is 7. The molecule has 1 aromatic carbocycles. The highest BCUT2D eigenvalue weighted by Gasteiger charge is 2.27. The van der Waals surface area contributed by atoms with E-state index in [4.69, 9.17) is 17.3 Å². The average molecular weight is 319 g/mol. The van der Waals surface area contributed by atoms with Gasteiger partial charge in [0.2, 0.25) is 5.91 Å². The molecule has 0 saturated carbocycles. The summed E-state index contributed by atoms with van der Waals surface area (Å²) in [6.45, 7) is 5.26. The number of carbonyl (C=O) groups excluding carboxylic acids is 1. The number of nitrogens with one attached hydrogen (secondary N) is 1. The van der Waals surface area contributed by atoms with Crippen LogP contribution in [-0.2, 0) is 11.2 Å². The minimum Gasteiger partial charge on any atom is -0.356 e. The van der Waals surface area contributed by atoms with Crippen LogP contribution in [0.4, 0.5) is 0 Å². The summed E-state index contributed by atoms with van der Waals surface area (Å²) < 4.78 is 0. The largest absolute Gasteiger partial charge is 0.356 e. The number of nitrogens with two attached hydrogens (primary N) is 1. The lowest BCUT2D eigenvalue weighted by Gasteiger charge is -2.23. The van der Waals surface area contributed by atoms with Gasteiger partial charge in [-0.3, -0.25) is 4.79 Å². The highest BCUT2D eigenvalue weighted by molar-refractivity contribution is 6.30. The minimum absolute atomic E-state index is 0. The number of halogens is 2. The Hall–Kier alpha value is -0.770. The fraction of sp³-hybridized carbons (Fsp3) is 0.533. The van der Waals surface area contributed by atoms with E-state index in [1.807, 2.05) is 38.1 Å². The Balaban J connectivity index is 0.00000361. The third kappa shape index (κ3) is 6.60. The zero-order valence-electron chi connectivity index (χ0n) is 12.1. The van der Waals surface area contributed by atoms with Gasteiger partial charge in [0.15, 0.2) is 0 Å². The predicted molar refractivity (Wildman–Crippen MR) is 87.5 cm³/mol. The fourth-order valence-electron chi connectivity index (χ4n) is 1.95. The first-order valence-corrected chi connectivity index (χ1v) is 7.06. The summed E-state index contributed by atoms with van der Waals surface area (Å²) in [6, 6.07) is 7.65. The van der Waals surface area contributed by atoms with Gasteiger partial charge in [-0.15, -0.1) is 12.4 Å². The maximum absolute atomic E-state index is 12.1. The Morgan fingerprint density at radius 2 is 2.05 bits per heavy atom. The highest BCUT2D eigenvalue weighted by Crippen LogP contribution is 2.23. The molecule has 0 aliphatic carbocycles. The van der Waals surface area contributed by atoms with Crippen molar-refractivity contribution in [2.45, 2.75) is 33.1 Å². The summed E-state index contributed by atoms with van der Waals surface area (Å²) >= 11 is 5.96. The molecule has 0 radical (unpaired) electrons. The second kappa shape index (κ2) is 9.22. The number of unbranched alkanes of at least 4 members (excludes halogenated alkanes) is 1. The molecule has 0 spiro atoms. The fourth-order valence-corrected chi connectivity index (χ4v) is 2.16. The molecule has 0 aromatic heterocycles. The van der Waals surface area contributed by atoms with E-state index in [2.05, 4.69) is 5.32 Å². The van der Waals surface area contributed by atoms with E-state index in [0.29, 0.717) is 24.5 Å². The van der Waals surface area contributed by atoms with Gasteiger partial charge in [-0.1, -0.05) is 37.6 Å². The monoisotopic (exact) mass is 318 g/mol. The third-order valence-electron chi connectivity index (χ3n) is 3.07. The van der Waals surface area contributed by atoms with Gasteiger partial charge in [-0.05, 0) is 43.5 Å². The van der Waals surface area contributed by atoms with Crippen LogP contribution in [0.15, 0.2) is 24.3 Å². The average Bonchev–Trinajstić information content (AvgIpc) is 2.33. The Kier molecular flexibility index (Phi) is 8.86. The van der Waals surface area contributed by atoms with E-state index in [1.165, 1.54) is 0 Å². The van der Waals surface area contributed by atoms with Gasteiger partial charge >= 0.3 is 0 Å². The normalized spacial score (nSPS) is 10.8. The number of amides is 1. The van der Waals surface area contributed by atoms with E-state index in [0.717, 1.165) is 18.4 Å². The number of carbonyl (C=O) groups is 1. The Labute approximate surface area is 132 Å². The molecule has 0 aliphatic rings. The van der Waals surface area contributed by atoms with Crippen LogP contribution in [0.2, 0.25) is 5.02 Å². The molecule has 114 valence electrons. The van der Waals surface area contributed by atoms with Gasteiger partial charge in [-0.2, -0.15) is 0 Å².